The molecule has 0 spiro atoms. The monoisotopic (exact) mass is 240 g/mol. The maximum atomic E-state index is 2.34. The first-order chi connectivity index (χ1) is 6.79. The van der Waals surface area contributed by atoms with E-state index in [1.54, 1.807) is 0 Å². The summed E-state index contributed by atoms with van der Waals surface area (Å²) in [7, 11) is 0. The molecule has 3 heteroatoms. The van der Waals surface area contributed by atoms with Crippen molar-refractivity contribution in [3.05, 3.63) is 38.8 Å². The molecule has 0 saturated heterocycles. The average Bonchev–Trinajstić information content (AvgIpc) is 2.69. The normalized spacial score (nSPS) is 21.7. The summed E-state index contributed by atoms with van der Waals surface area (Å²) in [4.78, 5) is 1.38. The van der Waals surface area contributed by atoms with Crippen molar-refractivity contribution in [2.45, 2.75) is 12.2 Å². The largest absolute Gasteiger partial charge is 0.144 e. The van der Waals surface area contributed by atoms with E-state index >= 15 is 0 Å². The van der Waals surface area contributed by atoms with Crippen molar-refractivity contribution >= 4 is 40.4 Å². The summed E-state index contributed by atoms with van der Waals surface area (Å²) in [5, 5.41) is 2.73. The first-order valence-corrected chi connectivity index (χ1v) is 7.46. The summed E-state index contributed by atoms with van der Waals surface area (Å²) in [5.41, 5.74) is 1.38. The molecule has 2 rings (SSSR count). The van der Waals surface area contributed by atoms with Crippen LogP contribution in [0.2, 0.25) is 0 Å². The molecule has 0 fully saturated rings. The first-order valence-electron chi connectivity index (χ1n) is 4.47. The fraction of sp³-hybridized carbons (Fsp3) is 0.273. The minimum Gasteiger partial charge on any atom is -0.144 e. The maximum Gasteiger partial charge on any atom is 0.0410 e. The van der Waals surface area contributed by atoms with E-state index in [0.29, 0.717) is 5.25 Å². The fourth-order valence-corrected chi connectivity index (χ4v) is 3.97. The van der Waals surface area contributed by atoms with Crippen molar-refractivity contribution < 1.29 is 0 Å². The van der Waals surface area contributed by atoms with Crippen molar-refractivity contribution in [1.82, 2.24) is 0 Å². The van der Waals surface area contributed by atoms with Crippen LogP contribution in [0.3, 0.4) is 0 Å². The quantitative estimate of drug-likeness (QED) is 0.748. The molecule has 1 aromatic heterocycles. The van der Waals surface area contributed by atoms with Gasteiger partial charge in [0.15, 0.2) is 0 Å². The summed E-state index contributed by atoms with van der Waals surface area (Å²) >= 11 is 5.59. The molecular formula is C11H12S3. The van der Waals surface area contributed by atoms with Gasteiger partial charge in [0, 0.05) is 14.4 Å². The molecule has 0 saturated carbocycles. The highest BCUT2D eigenvalue weighted by Gasteiger charge is 2.12. The van der Waals surface area contributed by atoms with Crippen molar-refractivity contribution in [2.75, 3.05) is 6.26 Å². The Morgan fingerprint density at radius 3 is 2.93 bits per heavy atom. The van der Waals surface area contributed by atoms with Crippen LogP contribution in [0.1, 0.15) is 11.8 Å². The Bertz CT molecular complexity index is 360. The second-order valence-electron chi connectivity index (χ2n) is 3.09. The van der Waals surface area contributed by atoms with Crippen LogP contribution in [0, 0.1) is 0 Å². The molecule has 74 valence electrons. The lowest BCUT2D eigenvalue weighted by molar-refractivity contribution is 1.25. The van der Waals surface area contributed by atoms with Crippen molar-refractivity contribution in [2.24, 2.45) is 0 Å². The predicted octanol–water partition coefficient (Wildman–Crippen LogP) is 4.47. The Balaban J connectivity index is 2.31. The van der Waals surface area contributed by atoms with Crippen molar-refractivity contribution in [3.8, 4) is 0 Å². The summed E-state index contributed by atoms with van der Waals surface area (Å²) < 4.78 is 1.42. The van der Waals surface area contributed by atoms with E-state index in [1.807, 2.05) is 34.9 Å². The van der Waals surface area contributed by atoms with Gasteiger partial charge in [-0.1, -0.05) is 12.1 Å². The van der Waals surface area contributed by atoms with Crippen LogP contribution in [0.25, 0.3) is 5.57 Å². The second-order valence-corrected chi connectivity index (χ2v) is 6.56. The maximum absolute atomic E-state index is 2.34. The van der Waals surface area contributed by atoms with E-state index in [4.69, 9.17) is 0 Å². The van der Waals surface area contributed by atoms with Crippen molar-refractivity contribution in [3.63, 3.8) is 0 Å². The van der Waals surface area contributed by atoms with Gasteiger partial charge in [-0.3, -0.25) is 0 Å². The molecule has 1 aromatic rings. The molecule has 14 heavy (non-hydrogen) atoms. The highest BCUT2D eigenvalue weighted by Crippen LogP contribution is 2.39. The number of allylic oxidation sites excluding steroid dienone is 2. The second kappa shape index (κ2) is 4.60. The van der Waals surface area contributed by atoms with Crippen LogP contribution in [-0.4, -0.2) is 11.5 Å². The van der Waals surface area contributed by atoms with Crippen LogP contribution in [0.5, 0.6) is 0 Å². The van der Waals surface area contributed by atoms with Gasteiger partial charge >= 0.3 is 0 Å². The Labute approximate surface area is 97.5 Å². The van der Waals surface area contributed by atoms with E-state index in [0.717, 1.165) is 0 Å². The zero-order valence-electron chi connectivity index (χ0n) is 8.19. The number of hydrogen-bond donors (Lipinski definition) is 0. The van der Waals surface area contributed by atoms with Crippen LogP contribution < -0.4 is 0 Å². The molecule has 0 aliphatic carbocycles. The van der Waals surface area contributed by atoms with E-state index in [9.17, 15) is 0 Å². The standard InChI is InChI=1S/C11H12S3/c1-8-6-9(7-11(12-2)14-8)10-4-3-5-13-10/h3-8H,1-2H3. The topological polar surface area (TPSA) is 0 Å². The molecule has 0 amide bonds. The SMILES string of the molecule is CSC1=CC(c2cccs2)=CC(C)S1. The van der Waals surface area contributed by atoms with Gasteiger partial charge in [-0.05, 0) is 36.3 Å². The van der Waals surface area contributed by atoms with Gasteiger partial charge in [0.05, 0.1) is 0 Å². The number of thioether (sulfide) groups is 2. The number of thiophene rings is 1. The van der Waals surface area contributed by atoms with E-state index in [1.165, 1.54) is 14.7 Å². The zero-order chi connectivity index (χ0) is 9.97. The first kappa shape index (κ1) is 10.4. The van der Waals surface area contributed by atoms with E-state index in [-0.39, 0.29) is 0 Å². The van der Waals surface area contributed by atoms with Crippen molar-refractivity contribution in [1.29, 1.82) is 0 Å². The van der Waals surface area contributed by atoms with Gasteiger partial charge in [-0.25, -0.2) is 0 Å². The third-order valence-electron chi connectivity index (χ3n) is 2.00. The van der Waals surface area contributed by atoms with Crippen LogP contribution in [0.4, 0.5) is 0 Å². The molecule has 0 aromatic carbocycles. The lowest BCUT2D eigenvalue weighted by Crippen LogP contribution is -1.96. The predicted molar refractivity (Wildman–Crippen MR) is 70.9 cm³/mol. The zero-order valence-corrected chi connectivity index (χ0v) is 10.6. The van der Waals surface area contributed by atoms with Crippen LogP contribution >= 0.6 is 34.9 Å². The molecule has 1 atom stereocenters. The molecule has 1 aliphatic rings. The van der Waals surface area contributed by atoms with Gasteiger partial charge in [0.25, 0.3) is 0 Å². The third kappa shape index (κ3) is 2.27. The van der Waals surface area contributed by atoms with Gasteiger partial charge in [0.1, 0.15) is 0 Å². The Morgan fingerprint density at radius 2 is 2.29 bits per heavy atom. The molecule has 0 N–H and O–H groups in total. The average molecular weight is 240 g/mol. The Hall–Kier alpha value is -0.120. The van der Waals surface area contributed by atoms with Crippen LogP contribution in [0.15, 0.2) is 33.9 Å². The highest BCUT2D eigenvalue weighted by molar-refractivity contribution is 8.22. The van der Waals surface area contributed by atoms with Gasteiger partial charge in [0.2, 0.25) is 0 Å². The molecular weight excluding hydrogens is 228 g/mol. The van der Waals surface area contributed by atoms with Crippen LogP contribution in [-0.2, 0) is 0 Å². The molecule has 0 nitrogen and oxygen atoms in total. The molecule has 1 unspecified atom stereocenters. The summed E-state index contributed by atoms with van der Waals surface area (Å²) in [6.45, 7) is 2.25. The summed E-state index contributed by atoms with van der Waals surface area (Å²) in [6, 6.07) is 4.30. The molecule has 0 radical (unpaired) electrons. The lowest BCUT2D eigenvalue weighted by Gasteiger charge is -2.16. The number of rotatable bonds is 2. The summed E-state index contributed by atoms with van der Waals surface area (Å²) in [6.07, 6.45) is 6.78. The number of hydrogen-bond acceptors (Lipinski definition) is 3. The Morgan fingerprint density at radius 1 is 1.43 bits per heavy atom. The lowest BCUT2D eigenvalue weighted by atomic mass is 10.2. The minimum absolute atomic E-state index is 0.597. The smallest absolute Gasteiger partial charge is 0.0410 e. The van der Waals surface area contributed by atoms with Gasteiger partial charge in [-0.15, -0.1) is 34.9 Å². The summed E-state index contributed by atoms with van der Waals surface area (Å²) in [5.74, 6) is 0. The fourth-order valence-electron chi connectivity index (χ4n) is 1.38. The molecule has 2 heterocycles. The third-order valence-corrected chi connectivity index (χ3v) is 5.08. The minimum atomic E-state index is 0.597. The Kier molecular flexibility index (Phi) is 3.42. The highest BCUT2D eigenvalue weighted by atomic mass is 32.2. The molecule has 0 bridgehead atoms. The molecule has 1 aliphatic heterocycles. The van der Waals surface area contributed by atoms with Gasteiger partial charge < -0.3 is 0 Å². The van der Waals surface area contributed by atoms with E-state index < -0.39 is 0 Å². The van der Waals surface area contributed by atoms with Gasteiger partial charge in [-0.2, -0.15) is 0 Å². The van der Waals surface area contributed by atoms with E-state index in [2.05, 4.69) is 42.8 Å².